The van der Waals surface area contributed by atoms with E-state index < -0.39 is 18.0 Å². The SMILES string of the molecule is COc1ccc2nccc(C(O)CC[C@@H]3CCN(CCSc4cnccn4)C[C@@H]3C(=O)O)c2c1. The number of fused-ring (bicyclic) bond motifs is 1. The Balaban J connectivity index is 1.34. The van der Waals surface area contributed by atoms with Crippen LogP contribution in [0.2, 0.25) is 0 Å². The second-order valence-corrected chi connectivity index (χ2v) is 9.68. The first-order chi connectivity index (χ1) is 16.5. The second-order valence-electron chi connectivity index (χ2n) is 8.56. The van der Waals surface area contributed by atoms with Crippen molar-refractivity contribution >= 4 is 28.6 Å². The predicted octanol–water partition coefficient (Wildman–Crippen LogP) is 3.66. The molecular weight excluding hydrogens is 452 g/mol. The first kappa shape index (κ1) is 24.4. The summed E-state index contributed by atoms with van der Waals surface area (Å²) in [6.45, 7) is 2.21. The number of piperidine rings is 1. The molecule has 4 rings (SSSR count). The highest BCUT2D eigenvalue weighted by Crippen LogP contribution is 2.34. The van der Waals surface area contributed by atoms with Crippen LogP contribution in [-0.4, -0.2) is 68.5 Å². The molecule has 0 aliphatic carbocycles. The fraction of sp³-hybridized carbons (Fsp3) is 0.440. The maximum absolute atomic E-state index is 12.0. The Morgan fingerprint density at radius 1 is 1.26 bits per heavy atom. The first-order valence-electron chi connectivity index (χ1n) is 11.5. The molecule has 9 heteroatoms. The number of carboxylic acids is 1. The van der Waals surface area contributed by atoms with E-state index in [1.165, 1.54) is 0 Å². The van der Waals surface area contributed by atoms with Gasteiger partial charge in [-0.25, -0.2) is 4.98 Å². The number of aromatic nitrogens is 3. The predicted molar refractivity (Wildman–Crippen MR) is 131 cm³/mol. The fourth-order valence-electron chi connectivity index (χ4n) is 4.63. The molecule has 8 nitrogen and oxygen atoms in total. The van der Waals surface area contributed by atoms with E-state index in [4.69, 9.17) is 4.74 Å². The molecule has 2 aromatic heterocycles. The summed E-state index contributed by atoms with van der Waals surface area (Å²) < 4.78 is 5.33. The van der Waals surface area contributed by atoms with Crippen molar-refractivity contribution in [1.29, 1.82) is 0 Å². The zero-order valence-corrected chi connectivity index (χ0v) is 20.0. The number of aliphatic carboxylic acids is 1. The van der Waals surface area contributed by atoms with Crippen LogP contribution in [0.3, 0.4) is 0 Å². The number of ether oxygens (including phenoxy) is 1. The first-order valence-corrected chi connectivity index (χ1v) is 12.5. The molecule has 1 saturated heterocycles. The standard InChI is InChI=1S/C25H30N4O4S/c1-33-18-3-4-22-20(14-18)19(6-8-27-22)23(30)5-2-17-7-11-29(16-21(17)25(31)32)12-13-34-24-15-26-9-10-28-24/h3-4,6,8-10,14-15,17,21,23,30H,2,5,7,11-13,16H2,1H3,(H,31,32)/t17-,21+,23?/m1/s1. The van der Waals surface area contributed by atoms with E-state index >= 15 is 0 Å². The lowest BCUT2D eigenvalue weighted by Crippen LogP contribution is -2.44. The Bertz CT molecular complexity index is 1100. The molecule has 1 aliphatic heterocycles. The average Bonchev–Trinajstić information content (AvgIpc) is 2.87. The van der Waals surface area contributed by atoms with Crippen molar-refractivity contribution in [1.82, 2.24) is 19.9 Å². The number of likely N-dealkylation sites (tertiary alicyclic amines) is 1. The molecule has 1 aliphatic rings. The van der Waals surface area contributed by atoms with E-state index in [1.807, 2.05) is 24.3 Å². The van der Waals surface area contributed by atoms with Crippen molar-refractivity contribution in [2.45, 2.75) is 30.4 Å². The maximum atomic E-state index is 12.0. The fourth-order valence-corrected chi connectivity index (χ4v) is 5.46. The van der Waals surface area contributed by atoms with Gasteiger partial charge in [-0.2, -0.15) is 0 Å². The molecule has 0 spiro atoms. The third-order valence-corrected chi connectivity index (χ3v) is 7.40. The summed E-state index contributed by atoms with van der Waals surface area (Å²) in [6.07, 6.45) is 8.06. The molecule has 34 heavy (non-hydrogen) atoms. The molecular formula is C25H30N4O4S. The van der Waals surface area contributed by atoms with E-state index in [2.05, 4.69) is 19.9 Å². The second kappa shape index (κ2) is 11.6. The van der Waals surface area contributed by atoms with Crippen molar-refractivity contribution in [3.05, 3.63) is 54.6 Å². The number of hydrogen-bond acceptors (Lipinski definition) is 8. The third-order valence-electron chi connectivity index (χ3n) is 6.51. The van der Waals surface area contributed by atoms with Crippen molar-refractivity contribution in [3.8, 4) is 5.75 Å². The highest BCUT2D eigenvalue weighted by Gasteiger charge is 2.34. The van der Waals surface area contributed by atoms with Gasteiger partial charge < -0.3 is 19.8 Å². The van der Waals surface area contributed by atoms with Gasteiger partial charge in [0.15, 0.2) is 0 Å². The number of nitrogens with zero attached hydrogens (tertiary/aromatic N) is 4. The Morgan fingerprint density at radius 2 is 2.15 bits per heavy atom. The zero-order chi connectivity index (χ0) is 23.9. The lowest BCUT2D eigenvalue weighted by Gasteiger charge is -2.36. The quantitative estimate of drug-likeness (QED) is 0.418. The van der Waals surface area contributed by atoms with E-state index in [0.29, 0.717) is 25.1 Å². The molecule has 1 aromatic carbocycles. The minimum absolute atomic E-state index is 0.0404. The highest BCUT2D eigenvalue weighted by atomic mass is 32.2. The number of aliphatic hydroxyl groups excluding tert-OH is 1. The summed E-state index contributed by atoms with van der Waals surface area (Å²) in [5.74, 6) is 0.400. The van der Waals surface area contributed by atoms with Gasteiger partial charge in [0.2, 0.25) is 0 Å². The number of pyridine rings is 1. The number of rotatable bonds is 10. The van der Waals surface area contributed by atoms with Crippen LogP contribution in [0.15, 0.2) is 54.1 Å². The van der Waals surface area contributed by atoms with Gasteiger partial charge in [0.1, 0.15) is 10.8 Å². The van der Waals surface area contributed by atoms with Gasteiger partial charge in [0.25, 0.3) is 0 Å². The Hall–Kier alpha value is -2.75. The van der Waals surface area contributed by atoms with Gasteiger partial charge in [-0.15, -0.1) is 11.8 Å². The molecule has 1 fully saturated rings. The number of aliphatic hydroxyl groups is 1. The largest absolute Gasteiger partial charge is 0.497 e. The lowest BCUT2D eigenvalue weighted by molar-refractivity contribution is -0.146. The lowest BCUT2D eigenvalue weighted by atomic mass is 9.81. The number of benzene rings is 1. The Labute approximate surface area is 203 Å². The van der Waals surface area contributed by atoms with Gasteiger partial charge in [0.05, 0.1) is 30.8 Å². The summed E-state index contributed by atoms with van der Waals surface area (Å²) in [5, 5.41) is 22.6. The minimum atomic E-state index is -0.759. The van der Waals surface area contributed by atoms with Gasteiger partial charge >= 0.3 is 5.97 Å². The van der Waals surface area contributed by atoms with Crippen molar-refractivity contribution in [2.75, 3.05) is 32.5 Å². The van der Waals surface area contributed by atoms with Crippen LogP contribution in [-0.2, 0) is 4.79 Å². The van der Waals surface area contributed by atoms with Crippen LogP contribution in [0.5, 0.6) is 5.75 Å². The van der Waals surface area contributed by atoms with Gasteiger partial charge in [-0.1, -0.05) is 0 Å². The van der Waals surface area contributed by atoms with E-state index in [1.54, 1.807) is 43.7 Å². The summed E-state index contributed by atoms with van der Waals surface area (Å²) in [7, 11) is 1.61. The van der Waals surface area contributed by atoms with Crippen molar-refractivity contribution in [2.24, 2.45) is 11.8 Å². The van der Waals surface area contributed by atoms with E-state index in [9.17, 15) is 15.0 Å². The smallest absolute Gasteiger partial charge is 0.308 e. The topological polar surface area (TPSA) is 109 Å². The Morgan fingerprint density at radius 3 is 2.91 bits per heavy atom. The normalized spacial score (nSPS) is 19.7. The van der Waals surface area contributed by atoms with Crippen molar-refractivity contribution < 1.29 is 19.7 Å². The molecule has 0 bridgehead atoms. The van der Waals surface area contributed by atoms with Crippen molar-refractivity contribution in [3.63, 3.8) is 0 Å². The minimum Gasteiger partial charge on any atom is -0.497 e. The molecule has 3 aromatic rings. The van der Waals surface area contributed by atoms with Crippen LogP contribution in [0.4, 0.5) is 0 Å². The van der Waals surface area contributed by atoms with Gasteiger partial charge in [0, 0.05) is 42.8 Å². The summed E-state index contributed by atoms with van der Waals surface area (Å²) in [4.78, 5) is 27.0. The van der Waals surface area contributed by atoms with Crippen LogP contribution >= 0.6 is 11.8 Å². The molecule has 180 valence electrons. The van der Waals surface area contributed by atoms with Crippen LogP contribution in [0, 0.1) is 11.8 Å². The number of hydrogen-bond donors (Lipinski definition) is 2. The molecule has 0 amide bonds. The number of thioether (sulfide) groups is 1. The van der Waals surface area contributed by atoms with Gasteiger partial charge in [-0.3, -0.25) is 14.8 Å². The summed E-state index contributed by atoms with van der Waals surface area (Å²) in [5.41, 5.74) is 1.60. The molecule has 0 saturated carbocycles. The summed E-state index contributed by atoms with van der Waals surface area (Å²) in [6, 6.07) is 7.45. The third kappa shape index (κ3) is 6.02. The monoisotopic (exact) mass is 482 g/mol. The number of carboxylic acid groups (broad SMARTS) is 1. The Kier molecular flexibility index (Phi) is 8.31. The van der Waals surface area contributed by atoms with Crippen LogP contribution in [0.25, 0.3) is 10.9 Å². The molecule has 3 heterocycles. The molecule has 2 N–H and O–H groups in total. The van der Waals surface area contributed by atoms with Crippen LogP contribution < -0.4 is 4.74 Å². The zero-order valence-electron chi connectivity index (χ0n) is 19.2. The summed E-state index contributed by atoms with van der Waals surface area (Å²) >= 11 is 1.63. The van der Waals surface area contributed by atoms with Gasteiger partial charge in [-0.05, 0) is 61.6 Å². The molecule has 0 radical (unpaired) electrons. The van der Waals surface area contributed by atoms with E-state index in [0.717, 1.165) is 46.8 Å². The molecule has 3 atom stereocenters. The number of methoxy groups -OCH3 is 1. The maximum Gasteiger partial charge on any atom is 0.308 e. The highest BCUT2D eigenvalue weighted by molar-refractivity contribution is 7.99. The average molecular weight is 483 g/mol. The number of carbonyl (C=O) groups is 1. The molecule has 1 unspecified atom stereocenters. The van der Waals surface area contributed by atoms with Crippen LogP contribution in [0.1, 0.15) is 30.9 Å². The van der Waals surface area contributed by atoms with E-state index in [-0.39, 0.29) is 5.92 Å².